The maximum absolute atomic E-state index is 12.0. The Bertz CT molecular complexity index is 1050. The number of carbonyl (C=O) groups excluding carboxylic acids is 1. The highest BCUT2D eigenvalue weighted by Crippen LogP contribution is 2.32. The standard InChI is InChI=1S/C25H25BrN2O3/c1-25(2,19-7-5-4-6-8-19)20-10-12-21(13-11-20)31-17-24(29)28-27-16-18-9-14-23(30-3)22(26)15-18/h4-16H,17H2,1-3H3,(H,28,29). The smallest absolute Gasteiger partial charge is 0.277 e. The first-order valence-electron chi connectivity index (χ1n) is 9.84. The molecule has 3 aromatic rings. The summed E-state index contributed by atoms with van der Waals surface area (Å²) in [6.45, 7) is 4.25. The van der Waals surface area contributed by atoms with Gasteiger partial charge in [-0.1, -0.05) is 56.3 Å². The van der Waals surface area contributed by atoms with Gasteiger partial charge in [0.05, 0.1) is 17.8 Å². The summed E-state index contributed by atoms with van der Waals surface area (Å²) < 4.78 is 11.6. The van der Waals surface area contributed by atoms with Crippen LogP contribution in [0, 0.1) is 0 Å². The highest BCUT2D eigenvalue weighted by molar-refractivity contribution is 9.10. The lowest BCUT2D eigenvalue weighted by molar-refractivity contribution is -0.123. The quantitative estimate of drug-likeness (QED) is 0.350. The van der Waals surface area contributed by atoms with Crippen LogP contribution in [0.2, 0.25) is 0 Å². The second-order valence-corrected chi connectivity index (χ2v) is 8.35. The van der Waals surface area contributed by atoms with Gasteiger partial charge in [-0.25, -0.2) is 5.43 Å². The lowest BCUT2D eigenvalue weighted by Crippen LogP contribution is -2.24. The molecule has 1 amide bonds. The van der Waals surface area contributed by atoms with Gasteiger partial charge < -0.3 is 9.47 Å². The monoisotopic (exact) mass is 480 g/mol. The van der Waals surface area contributed by atoms with Gasteiger partial charge in [0.25, 0.3) is 5.91 Å². The molecule has 0 aliphatic carbocycles. The zero-order valence-corrected chi connectivity index (χ0v) is 19.3. The molecule has 3 rings (SSSR count). The van der Waals surface area contributed by atoms with E-state index in [1.165, 1.54) is 11.1 Å². The molecule has 5 nitrogen and oxygen atoms in total. The fourth-order valence-electron chi connectivity index (χ4n) is 3.11. The van der Waals surface area contributed by atoms with Crippen molar-refractivity contribution in [3.63, 3.8) is 0 Å². The van der Waals surface area contributed by atoms with Crippen LogP contribution >= 0.6 is 15.9 Å². The Labute approximate surface area is 191 Å². The number of nitrogens with zero attached hydrogens (tertiary/aromatic N) is 1. The molecule has 0 saturated heterocycles. The van der Waals surface area contributed by atoms with E-state index in [1.54, 1.807) is 13.3 Å². The second kappa shape index (κ2) is 10.3. The van der Waals surface area contributed by atoms with Gasteiger partial charge in [-0.2, -0.15) is 5.10 Å². The molecular formula is C25H25BrN2O3. The Balaban J connectivity index is 1.52. The summed E-state index contributed by atoms with van der Waals surface area (Å²) in [4.78, 5) is 12.0. The summed E-state index contributed by atoms with van der Waals surface area (Å²) in [7, 11) is 1.60. The van der Waals surface area contributed by atoms with Crippen LogP contribution in [-0.4, -0.2) is 25.8 Å². The van der Waals surface area contributed by atoms with E-state index in [0.717, 1.165) is 15.8 Å². The molecule has 3 aromatic carbocycles. The topological polar surface area (TPSA) is 59.9 Å². The third-order valence-corrected chi connectivity index (χ3v) is 5.64. The molecule has 31 heavy (non-hydrogen) atoms. The number of nitrogens with one attached hydrogen (secondary N) is 1. The van der Waals surface area contributed by atoms with Gasteiger partial charge in [0.2, 0.25) is 0 Å². The molecule has 0 spiro atoms. The molecule has 0 aliphatic rings. The van der Waals surface area contributed by atoms with Crippen molar-refractivity contribution >= 4 is 28.1 Å². The summed E-state index contributed by atoms with van der Waals surface area (Å²) in [6.07, 6.45) is 1.56. The molecule has 1 N–H and O–H groups in total. The molecule has 160 valence electrons. The van der Waals surface area contributed by atoms with Gasteiger partial charge in [-0.05, 0) is 63.0 Å². The molecule has 0 atom stereocenters. The van der Waals surface area contributed by atoms with Crippen LogP contribution in [0.4, 0.5) is 0 Å². The average molecular weight is 481 g/mol. The molecule has 6 heteroatoms. The minimum Gasteiger partial charge on any atom is -0.496 e. The maximum atomic E-state index is 12.0. The number of hydrogen-bond acceptors (Lipinski definition) is 4. The average Bonchev–Trinajstić information content (AvgIpc) is 2.79. The summed E-state index contributed by atoms with van der Waals surface area (Å²) in [6, 6.07) is 23.7. The van der Waals surface area contributed by atoms with Gasteiger partial charge in [0.15, 0.2) is 6.61 Å². The maximum Gasteiger partial charge on any atom is 0.277 e. The molecule has 0 saturated carbocycles. The zero-order chi connectivity index (χ0) is 22.3. The van der Waals surface area contributed by atoms with E-state index in [4.69, 9.17) is 9.47 Å². The normalized spacial score (nSPS) is 11.4. The van der Waals surface area contributed by atoms with Crippen molar-refractivity contribution in [3.8, 4) is 11.5 Å². The lowest BCUT2D eigenvalue weighted by atomic mass is 9.78. The van der Waals surface area contributed by atoms with Crippen LogP contribution in [0.1, 0.15) is 30.5 Å². The highest BCUT2D eigenvalue weighted by Gasteiger charge is 2.22. The van der Waals surface area contributed by atoms with Gasteiger partial charge in [-0.15, -0.1) is 0 Å². The SMILES string of the molecule is COc1ccc(C=NNC(=O)COc2ccc(C(C)(C)c3ccccc3)cc2)cc1Br. The van der Waals surface area contributed by atoms with Gasteiger partial charge in [-0.3, -0.25) is 4.79 Å². The van der Waals surface area contributed by atoms with Crippen LogP contribution in [0.3, 0.4) is 0 Å². The van der Waals surface area contributed by atoms with Crippen molar-refractivity contribution < 1.29 is 14.3 Å². The van der Waals surface area contributed by atoms with Gasteiger partial charge >= 0.3 is 0 Å². The number of ether oxygens (including phenoxy) is 2. The Morgan fingerprint density at radius 1 is 1.03 bits per heavy atom. The van der Waals surface area contributed by atoms with Crippen LogP contribution in [-0.2, 0) is 10.2 Å². The Hall–Kier alpha value is -3.12. The molecule has 0 fully saturated rings. The fraction of sp³-hybridized carbons (Fsp3) is 0.200. The minimum atomic E-state index is -0.336. The van der Waals surface area contributed by atoms with Crippen LogP contribution in [0.15, 0.2) is 82.4 Å². The number of halogens is 1. The fourth-order valence-corrected chi connectivity index (χ4v) is 3.67. The van der Waals surface area contributed by atoms with Gasteiger partial charge in [0.1, 0.15) is 11.5 Å². The third kappa shape index (κ3) is 5.95. The molecule has 0 aliphatic heterocycles. The van der Waals surface area contributed by atoms with Crippen molar-refractivity contribution in [2.24, 2.45) is 5.10 Å². The Morgan fingerprint density at radius 2 is 1.71 bits per heavy atom. The van der Waals surface area contributed by atoms with Crippen LogP contribution < -0.4 is 14.9 Å². The summed E-state index contributed by atoms with van der Waals surface area (Å²) in [5.41, 5.74) is 5.58. The number of hydrazone groups is 1. The first-order valence-corrected chi connectivity index (χ1v) is 10.6. The van der Waals surface area contributed by atoms with Crippen molar-refractivity contribution in [2.75, 3.05) is 13.7 Å². The first-order chi connectivity index (χ1) is 14.9. The highest BCUT2D eigenvalue weighted by atomic mass is 79.9. The van der Waals surface area contributed by atoms with E-state index >= 15 is 0 Å². The van der Waals surface area contributed by atoms with E-state index in [9.17, 15) is 4.79 Å². The molecular weight excluding hydrogens is 456 g/mol. The molecule has 0 radical (unpaired) electrons. The van der Waals surface area contributed by atoms with Crippen LogP contribution in [0.25, 0.3) is 0 Å². The van der Waals surface area contributed by atoms with Crippen molar-refractivity contribution in [2.45, 2.75) is 19.3 Å². The predicted octanol–water partition coefficient (Wildman–Crippen LogP) is 5.31. The number of hydrogen-bond donors (Lipinski definition) is 1. The van der Waals surface area contributed by atoms with E-state index < -0.39 is 0 Å². The van der Waals surface area contributed by atoms with Gasteiger partial charge in [0, 0.05) is 5.41 Å². The molecule has 0 heterocycles. The first kappa shape index (κ1) is 22.6. The number of benzene rings is 3. The number of amides is 1. The minimum absolute atomic E-state index is 0.120. The Kier molecular flexibility index (Phi) is 7.47. The largest absolute Gasteiger partial charge is 0.496 e. The number of rotatable bonds is 8. The summed E-state index contributed by atoms with van der Waals surface area (Å²) in [5.74, 6) is 1.02. The number of carbonyl (C=O) groups is 1. The van der Waals surface area contributed by atoms with Crippen molar-refractivity contribution in [1.29, 1.82) is 0 Å². The second-order valence-electron chi connectivity index (χ2n) is 7.49. The molecule has 0 unspecified atom stereocenters. The predicted molar refractivity (Wildman–Crippen MR) is 127 cm³/mol. The Morgan fingerprint density at radius 3 is 2.35 bits per heavy atom. The third-order valence-electron chi connectivity index (χ3n) is 5.02. The van der Waals surface area contributed by atoms with Crippen LogP contribution in [0.5, 0.6) is 11.5 Å². The molecule has 0 bridgehead atoms. The van der Waals surface area contributed by atoms with E-state index in [-0.39, 0.29) is 17.9 Å². The number of methoxy groups -OCH3 is 1. The van der Waals surface area contributed by atoms with E-state index in [2.05, 4.69) is 52.4 Å². The lowest BCUT2D eigenvalue weighted by Gasteiger charge is -2.26. The van der Waals surface area contributed by atoms with Crippen molar-refractivity contribution in [3.05, 3.63) is 94.0 Å². The van der Waals surface area contributed by atoms with Crippen molar-refractivity contribution in [1.82, 2.24) is 5.43 Å². The van der Waals surface area contributed by atoms with E-state index in [0.29, 0.717) is 5.75 Å². The van der Waals surface area contributed by atoms with E-state index in [1.807, 2.05) is 60.7 Å². The summed E-state index contributed by atoms with van der Waals surface area (Å²) in [5, 5.41) is 3.96. The molecule has 0 aromatic heterocycles. The summed E-state index contributed by atoms with van der Waals surface area (Å²) >= 11 is 3.42. The zero-order valence-electron chi connectivity index (χ0n) is 17.8.